The monoisotopic (exact) mass is 324 g/mol. The van der Waals surface area contributed by atoms with Gasteiger partial charge in [0, 0.05) is 36.6 Å². The third kappa shape index (κ3) is 2.46. The van der Waals surface area contributed by atoms with Gasteiger partial charge in [-0.05, 0) is 12.5 Å². The van der Waals surface area contributed by atoms with Crippen molar-refractivity contribution in [2.75, 3.05) is 18.0 Å². The molecule has 4 rings (SSSR count). The van der Waals surface area contributed by atoms with Crippen LogP contribution in [0.5, 0.6) is 0 Å². The van der Waals surface area contributed by atoms with E-state index in [-0.39, 0.29) is 17.9 Å². The number of nitrogens with zero attached hydrogens (tertiary/aromatic N) is 4. The third-order valence-electron chi connectivity index (χ3n) is 4.53. The van der Waals surface area contributed by atoms with E-state index < -0.39 is 0 Å². The van der Waals surface area contributed by atoms with Crippen molar-refractivity contribution < 1.29 is 4.79 Å². The fourth-order valence-electron chi connectivity index (χ4n) is 3.22. The zero-order chi connectivity index (χ0) is 16.7. The first kappa shape index (κ1) is 14.9. The van der Waals surface area contributed by atoms with Gasteiger partial charge in [0.05, 0.1) is 17.1 Å². The highest BCUT2D eigenvalue weighted by molar-refractivity contribution is 6.08. The quantitative estimate of drug-likeness (QED) is 0.768. The zero-order valence-corrected chi connectivity index (χ0v) is 13.8. The molecule has 3 aromatic heterocycles. The molecule has 7 nitrogen and oxygen atoms in total. The number of pyridine rings is 1. The first-order chi connectivity index (χ1) is 11.6. The van der Waals surface area contributed by atoms with Gasteiger partial charge in [-0.2, -0.15) is 0 Å². The van der Waals surface area contributed by atoms with Gasteiger partial charge in [-0.3, -0.25) is 4.79 Å². The molecular weight excluding hydrogens is 304 g/mol. The van der Waals surface area contributed by atoms with Gasteiger partial charge in [-0.15, -0.1) is 0 Å². The van der Waals surface area contributed by atoms with E-state index in [0.717, 1.165) is 47.3 Å². The molecule has 4 heterocycles. The molecular formula is C17H20N6O. The Morgan fingerprint density at radius 1 is 1.38 bits per heavy atom. The molecule has 24 heavy (non-hydrogen) atoms. The van der Waals surface area contributed by atoms with E-state index in [1.54, 1.807) is 12.5 Å². The second-order valence-corrected chi connectivity index (χ2v) is 6.55. The fraction of sp³-hybridized carbons (Fsp3) is 0.412. The van der Waals surface area contributed by atoms with Gasteiger partial charge in [0.25, 0.3) is 0 Å². The molecule has 0 saturated carbocycles. The number of hydrogen-bond donors (Lipinski definition) is 2. The summed E-state index contributed by atoms with van der Waals surface area (Å²) < 4.78 is 0. The summed E-state index contributed by atoms with van der Waals surface area (Å²) in [5.41, 5.74) is 1.67. The van der Waals surface area contributed by atoms with Gasteiger partial charge in [0.15, 0.2) is 0 Å². The predicted octanol–water partition coefficient (Wildman–Crippen LogP) is 1.86. The summed E-state index contributed by atoms with van der Waals surface area (Å²) in [6.07, 6.45) is 6.15. The Labute approximate surface area is 139 Å². The maximum absolute atomic E-state index is 11.9. The van der Waals surface area contributed by atoms with Gasteiger partial charge in [-0.1, -0.05) is 13.8 Å². The second-order valence-electron chi connectivity index (χ2n) is 6.55. The van der Waals surface area contributed by atoms with Crippen molar-refractivity contribution in [3.8, 4) is 0 Å². The van der Waals surface area contributed by atoms with E-state index in [1.807, 2.05) is 26.1 Å². The van der Waals surface area contributed by atoms with Crippen LogP contribution in [0.25, 0.3) is 21.9 Å². The highest BCUT2D eigenvalue weighted by Gasteiger charge is 2.27. The summed E-state index contributed by atoms with van der Waals surface area (Å²) in [6.45, 7) is 5.45. The molecule has 1 unspecified atom stereocenters. The second kappa shape index (κ2) is 5.74. The first-order valence-electron chi connectivity index (χ1n) is 8.25. The van der Waals surface area contributed by atoms with Gasteiger partial charge >= 0.3 is 0 Å². The Kier molecular flexibility index (Phi) is 3.55. The van der Waals surface area contributed by atoms with Crippen LogP contribution in [0.2, 0.25) is 0 Å². The minimum atomic E-state index is 0.00415. The molecule has 0 spiro atoms. The smallest absolute Gasteiger partial charge is 0.222 e. The van der Waals surface area contributed by atoms with Crippen LogP contribution in [-0.2, 0) is 4.79 Å². The molecule has 0 radical (unpaired) electrons. The number of aromatic amines is 1. The number of rotatable bonds is 3. The molecule has 0 aromatic carbocycles. The van der Waals surface area contributed by atoms with Crippen LogP contribution in [0, 0.1) is 5.92 Å². The lowest BCUT2D eigenvalue weighted by Crippen LogP contribution is -2.39. The van der Waals surface area contributed by atoms with Crippen molar-refractivity contribution in [2.45, 2.75) is 26.3 Å². The van der Waals surface area contributed by atoms with E-state index in [2.05, 4.69) is 30.2 Å². The molecule has 124 valence electrons. The van der Waals surface area contributed by atoms with E-state index in [4.69, 9.17) is 0 Å². The summed E-state index contributed by atoms with van der Waals surface area (Å²) in [7, 11) is 0. The van der Waals surface area contributed by atoms with Crippen LogP contribution in [0.4, 0.5) is 5.82 Å². The third-order valence-corrected chi connectivity index (χ3v) is 4.53. The maximum atomic E-state index is 11.9. The number of aromatic nitrogens is 4. The minimum absolute atomic E-state index is 0.00415. The molecule has 1 fully saturated rings. The van der Waals surface area contributed by atoms with Crippen LogP contribution < -0.4 is 10.2 Å². The Hall–Kier alpha value is -2.70. The molecule has 2 N–H and O–H groups in total. The Balaban J connectivity index is 1.68. The average Bonchev–Trinajstić information content (AvgIpc) is 3.22. The van der Waals surface area contributed by atoms with Gasteiger partial charge in [0.2, 0.25) is 5.91 Å². The Morgan fingerprint density at radius 3 is 3.08 bits per heavy atom. The lowest BCUT2D eigenvalue weighted by Gasteiger charge is -2.20. The van der Waals surface area contributed by atoms with Crippen LogP contribution in [0.15, 0.2) is 24.8 Å². The van der Waals surface area contributed by atoms with E-state index >= 15 is 0 Å². The summed E-state index contributed by atoms with van der Waals surface area (Å²) in [4.78, 5) is 30.6. The number of hydrogen-bond acceptors (Lipinski definition) is 5. The van der Waals surface area contributed by atoms with E-state index in [0.29, 0.717) is 0 Å². The van der Waals surface area contributed by atoms with E-state index in [9.17, 15) is 4.79 Å². The number of carbonyl (C=O) groups excluding carboxylic acids is 1. The highest BCUT2D eigenvalue weighted by Crippen LogP contribution is 2.31. The highest BCUT2D eigenvalue weighted by atomic mass is 16.1. The van der Waals surface area contributed by atoms with Crippen LogP contribution in [0.3, 0.4) is 0 Å². The summed E-state index contributed by atoms with van der Waals surface area (Å²) in [6, 6.07) is 2.17. The van der Waals surface area contributed by atoms with Gasteiger partial charge in [-0.25, -0.2) is 15.0 Å². The number of nitrogens with one attached hydrogen (secondary N) is 2. The SMILES string of the molecule is CC(C)C(=O)NC1CCN(c2ncnc3cnc4[nH]ccc4c23)C1. The number of H-pyrrole nitrogens is 1. The first-order valence-corrected chi connectivity index (χ1v) is 8.25. The molecule has 1 saturated heterocycles. The number of carbonyl (C=O) groups is 1. The fourth-order valence-corrected chi connectivity index (χ4v) is 3.22. The lowest BCUT2D eigenvalue weighted by atomic mass is 10.2. The summed E-state index contributed by atoms with van der Waals surface area (Å²) >= 11 is 0. The zero-order valence-electron chi connectivity index (χ0n) is 13.8. The van der Waals surface area contributed by atoms with Crippen molar-refractivity contribution in [1.29, 1.82) is 0 Å². The van der Waals surface area contributed by atoms with Gasteiger partial charge < -0.3 is 15.2 Å². The predicted molar refractivity (Wildman–Crippen MR) is 92.8 cm³/mol. The topological polar surface area (TPSA) is 86.8 Å². The molecule has 0 aliphatic carbocycles. The molecule has 1 amide bonds. The van der Waals surface area contributed by atoms with Crippen LogP contribution in [-0.4, -0.2) is 45.0 Å². The van der Waals surface area contributed by atoms with Crippen molar-refractivity contribution in [3.05, 3.63) is 24.8 Å². The molecule has 0 bridgehead atoms. The lowest BCUT2D eigenvalue weighted by molar-refractivity contribution is -0.124. The standard InChI is InChI=1S/C17H20N6O/c1-10(2)17(24)22-11-4-6-23(8-11)16-14-12-3-5-18-15(12)19-7-13(14)20-9-21-16/h3,5,7,9-11H,4,6,8H2,1-2H3,(H,18,19)(H,22,24). The number of fused-ring (bicyclic) bond motifs is 3. The van der Waals surface area contributed by atoms with Crippen molar-refractivity contribution in [2.24, 2.45) is 5.92 Å². The maximum Gasteiger partial charge on any atom is 0.222 e. The van der Waals surface area contributed by atoms with E-state index in [1.165, 1.54) is 0 Å². The Morgan fingerprint density at radius 2 is 2.25 bits per heavy atom. The normalized spacial score (nSPS) is 18.0. The summed E-state index contributed by atoms with van der Waals surface area (Å²) in [5.74, 6) is 1.02. The van der Waals surface area contributed by atoms with Gasteiger partial charge in [0.1, 0.15) is 17.8 Å². The molecule has 1 atom stereocenters. The minimum Gasteiger partial charge on any atom is -0.354 e. The number of amides is 1. The van der Waals surface area contributed by atoms with Crippen LogP contribution in [0.1, 0.15) is 20.3 Å². The van der Waals surface area contributed by atoms with Crippen LogP contribution >= 0.6 is 0 Å². The molecule has 1 aliphatic heterocycles. The summed E-state index contributed by atoms with van der Waals surface area (Å²) in [5, 5.41) is 5.15. The van der Waals surface area contributed by atoms with Crippen molar-refractivity contribution >= 4 is 33.7 Å². The van der Waals surface area contributed by atoms with Crippen molar-refractivity contribution in [1.82, 2.24) is 25.3 Å². The molecule has 1 aliphatic rings. The average molecular weight is 324 g/mol. The molecule has 3 aromatic rings. The molecule has 7 heteroatoms. The van der Waals surface area contributed by atoms with Crippen molar-refractivity contribution in [3.63, 3.8) is 0 Å². The largest absolute Gasteiger partial charge is 0.354 e. The number of anilines is 1. The Bertz CT molecular complexity index is 902.